The van der Waals surface area contributed by atoms with Crippen molar-refractivity contribution >= 4 is 23.5 Å². The molecule has 58 valence electrons. The Hall–Kier alpha value is -0.610. The van der Waals surface area contributed by atoms with E-state index in [0.717, 1.165) is 0 Å². The zero-order valence-electron chi connectivity index (χ0n) is 5.33. The Bertz CT molecular complexity index is 145. The topological polar surface area (TPSA) is 63.6 Å². The maximum atomic E-state index is 10.1. The summed E-state index contributed by atoms with van der Waals surface area (Å²) in [5, 5.41) is 8.47. The third-order valence-electron chi connectivity index (χ3n) is 0.847. The highest BCUT2D eigenvalue weighted by Crippen LogP contribution is 2.05. The summed E-state index contributed by atoms with van der Waals surface area (Å²) in [5.41, 5.74) is 0. The molecule has 1 fully saturated rings. The Kier molecular flexibility index (Phi) is 3.99. The monoisotopic (exact) mass is 166 g/mol. The fourth-order valence-electron chi connectivity index (χ4n) is 0.463. The SMILES string of the molecule is CCl.O=C1CC(O)C(=O)O1. The van der Waals surface area contributed by atoms with E-state index in [0.29, 0.717) is 0 Å². The molecule has 1 aliphatic heterocycles. The van der Waals surface area contributed by atoms with Crippen molar-refractivity contribution in [3.8, 4) is 0 Å². The molecule has 1 atom stereocenters. The summed E-state index contributed by atoms with van der Waals surface area (Å²) >= 11 is 4.64. The van der Waals surface area contributed by atoms with Gasteiger partial charge in [-0.1, -0.05) is 0 Å². The van der Waals surface area contributed by atoms with Crippen molar-refractivity contribution in [3.05, 3.63) is 0 Å². The number of carbonyl (C=O) groups excluding carboxylic acids is 2. The Morgan fingerprint density at radius 1 is 1.60 bits per heavy atom. The molecule has 0 radical (unpaired) electrons. The molecule has 0 aromatic heterocycles. The number of carbonyl (C=O) groups is 2. The van der Waals surface area contributed by atoms with Gasteiger partial charge in [-0.2, -0.15) is 0 Å². The highest BCUT2D eigenvalue weighted by Gasteiger charge is 2.30. The molecule has 4 nitrogen and oxygen atoms in total. The van der Waals surface area contributed by atoms with Crippen molar-refractivity contribution in [2.24, 2.45) is 0 Å². The molecular weight excluding hydrogens is 160 g/mol. The zero-order chi connectivity index (χ0) is 8.15. The molecule has 1 rings (SSSR count). The number of halogens is 1. The lowest BCUT2D eigenvalue weighted by atomic mass is 10.3. The van der Waals surface area contributed by atoms with E-state index >= 15 is 0 Å². The van der Waals surface area contributed by atoms with Crippen LogP contribution in [0.15, 0.2) is 0 Å². The minimum absolute atomic E-state index is 0.196. The van der Waals surface area contributed by atoms with Gasteiger partial charge in [-0.3, -0.25) is 4.79 Å². The minimum atomic E-state index is -1.22. The maximum Gasteiger partial charge on any atom is 0.343 e. The average Bonchev–Trinajstić information content (AvgIpc) is 2.16. The highest BCUT2D eigenvalue weighted by atomic mass is 35.5. The quantitative estimate of drug-likeness (QED) is 0.304. The molecule has 5 heteroatoms. The largest absolute Gasteiger partial charge is 0.391 e. The highest BCUT2D eigenvalue weighted by molar-refractivity contribution is 6.15. The Labute approximate surface area is 62.7 Å². The van der Waals surface area contributed by atoms with Gasteiger partial charge in [0.25, 0.3) is 0 Å². The molecule has 10 heavy (non-hydrogen) atoms. The number of aliphatic hydroxyl groups is 1. The first-order valence-electron chi connectivity index (χ1n) is 2.50. The molecule has 1 saturated heterocycles. The van der Waals surface area contributed by atoms with E-state index in [9.17, 15) is 9.59 Å². The van der Waals surface area contributed by atoms with Crippen LogP contribution in [0.2, 0.25) is 0 Å². The van der Waals surface area contributed by atoms with Gasteiger partial charge in [0.1, 0.15) is 0 Å². The van der Waals surface area contributed by atoms with Crippen molar-refractivity contribution in [2.75, 3.05) is 6.38 Å². The summed E-state index contributed by atoms with van der Waals surface area (Å²) in [6.45, 7) is 0. The van der Waals surface area contributed by atoms with Crippen LogP contribution in [-0.4, -0.2) is 29.5 Å². The third-order valence-corrected chi connectivity index (χ3v) is 0.847. The molecule has 1 heterocycles. The molecule has 0 aromatic rings. The lowest BCUT2D eigenvalue weighted by Crippen LogP contribution is -2.11. The van der Waals surface area contributed by atoms with E-state index in [1.807, 2.05) is 0 Å². The Morgan fingerprint density at radius 2 is 2.10 bits per heavy atom. The van der Waals surface area contributed by atoms with Gasteiger partial charge in [0.2, 0.25) is 0 Å². The van der Waals surface area contributed by atoms with Crippen LogP contribution in [0, 0.1) is 0 Å². The number of ether oxygens (including phenoxy) is 1. The van der Waals surface area contributed by atoms with Gasteiger partial charge in [0.05, 0.1) is 6.42 Å². The van der Waals surface area contributed by atoms with Gasteiger partial charge in [0.15, 0.2) is 6.10 Å². The van der Waals surface area contributed by atoms with E-state index in [1.165, 1.54) is 6.38 Å². The number of cyclic esters (lactones) is 2. The van der Waals surface area contributed by atoms with Gasteiger partial charge in [-0.25, -0.2) is 4.79 Å². The Balaban J connectivity index is 0.000000371. The summed E-state index contributed by atoms with van der Waals surface area (Å²) in [6, 6.07) is 0. The first-order chi connectivity index (χ1) is 4.70. The third kappa shape index (κ3) is 2.33. The first-order valence-corrected chi connectivity index (χ1v) is 3.26. The number of hydrogen-bond donors (Lipinski definition) is 1. The average molecular weight is 167 g/mol. The number of aliphatic hydroxyl groups excluding tert-OH is 1. The van der Waals surface area contributed by atoms with Crippen LogP contribution in [-0.2, 0) is 14.3 Å². The van der Waals surface area contributed by atoms with Crippen LogP contribution in [0.25, 0.3) is 0 Å². The van der Waals surface area contributed by atoms with Gasteiger partial charge < -0.3 is 9.84 Å². The summed E-state index contributed by atoms with van der Waals surface area (Å²) in [6.07, 6.45) is 0.0567. The van der Waals surface area contributed by atoms with Gasteiger partial charge >= 0.3 is 11.9 Å². The lowest BCUT2D eigenvalue weighted by molar-refractivity contribution is -0.154. The predicted molar refractivity (Wildman–Crippen MR) is 33.5 cm³/mol. The second kappa shape index (κ2) is 4.24. The number of hydrogen-bond acceptors (Lipinski definition) is 4. The standard InChI is InChI=1S/C4H4O4.CH3Cl/c5-2-1-3(6)8-4(2)7;1-2/h2,5H,1H2;1H3. The van der Waals surface area contributed by atoms with E-state index in [1.54, 1.807) is 0 Å². The fourth-order valence-corrected chi connectivity index (χ4v) is 0.463. The summed E-state index contributed by atoms with van der Waals surface area (Å²) in [7, 11) is 0. The van der Waals surface area contributed by atoms with Crippen LogP contribution in [0.3, 0.4) is 0 Å². The zero-order valence-corrected chi connectivity index (χ0v) is 6.09. The van der Waals surface area contributed by atoms with Crippen LogP contribution in [0.1, 0.15) is 6.42 Å². The normalized spacial score (nSPS) is 23.3. The van der Waals surface area contributed by atoms with E-state index in [-0.39, 0.29) is 6.42 Å². The lowest BCUT2D eigenvalue weighted by Gasteiger charge is -1.86. The maximum absolute atomic E-state index is 10.1. The van der Waals surface area contributed by atoms with Crippen LogP contribution < -0.4 is 0 Å². The molecule has 0 saturated carbocycles. The van der Waals surface area contributed by atoms with E-state index in [2.05, 4.69) is 16.3 Å². The molecule has 0 aliphatic carbocycles. The van der Waals surface area contributed by atoms with Crippen molar-refractivity contribution < 1.29 is 19.4 Å². The van der Waals surface area contributed by atoms with Crippen molar-refractivity contribution in [3.63, 3.8) is 0 Å². The predicted octanol–water partition coefficient (Wildman–Crippen LogP) is -0.324. The molecule has 1 unspecified atom stereocenters. The molecule has 0 aromatic carbocycles. The number of alkyl halides is 1. The molecule has 0 amide bonds. The van der Waals surface area contributed by atoms with Crippen molar-refractivity contribution in [1.29, 1.82) is 0 Å². The smallest absolute Gasteiger partial charge is 0.343 e. The fraction of sp³-hybridized carbons (Fsp3) is 0.600. The van der Waals surface area contributed by atoms with Gasteiger partial charge in [0, 0.05) is 6.38 Å². The van der Waals surface area contributed by atoms with Gasteiger partial charge in [-0.05, 0) is 0 Å². The molecule has 0 spiro atoms. The summed E-state index contributed by atoms with van der Waals surface area (Å²) < 4.78 is 3.95. The Morgan fingerprint density at radius 3 is 2.20 bits per heavy atom. The van der Waals surface area contributed by atoms with Gasteiger partial charge in [-0.15, -0.1) is 11.6 Å². The van der Waals surface area contributed by atoms with Crippen LogP contribution in [0.5, 0.6) is 0 Å². The van der Waals surface area contributed by atoms with Crippen molar-refractivity contribution in [1.82, 2.24) is 0 Å². The molecule has 1 aliphatic rings. The summed E-state index contributed by atoms with van der Waals surface area (Å²) in [5.74, 6) is -1.49. The number of esters is 2. The minimum Gasteiger partial charge on any atom is -0.391 e. The van der Waals surface area contributed by atoms with E-state index in [4.69, 9.17) is 5.11 Å². The van der Waals surface area contributed by atoms with Crippen LogP contribution in [0.4, 0.5) is 0 Å². The van der Waals surface area contributed by atoms with Crippen LogP contribution >= 0.6 is 11.6 Å². The summed E-state index contributed by atoms with van der Waals surface area (Å²) in [4.78, 5) is 20.2. The van der Waals surface area contributed by atoms with Crippen molar-refractivity contribution in [2.45, 2.75) is 12.5 Å². The molecule has 1 N–H and O–H groups in total. The molecule has 0 bridgehead atoms. The molecular formula is C5H7ClO4. The number of rotatable bonds is 0. The second-order valence-electron chi connectivity index (χ2n) is 1.51. The first kappa shape index (κ1) is 9.39. The van der Waals surface area contributed by atoms with E-state index < -0.39 is 18.0 Å². The second-order valence-corrected chi connectivity index (χ2v) is 1.51.